The van der Waals surface area contributed by atoms with Crippen LogP contribution < -0.4 is 5.32 Å². The molecule has 1 aliphatic heterocycles. The van der Waals surface area contributed by atoms with E-state index >= 15 is 0 Å². The lowest BCUT2D eigenvalue weighted by Gasteiger charge is -2.30. The number of alkyl halides is 3. The van der Waals surface area contributed by atoms with E-state index in [9.17, 15) is 18.0 Å². The number of para-hydroxylation sites is 1. The molecule has 1 aromatic heterocycles. The lowest BCUT2D eigenvalue weighted by molar-refractivity contribution is -0.137. The number of nitrogens with one attached hydrogen (secondary N) is 1. The van der Waals surface area contributed by atoms with Crippen molar-refractivity contribution in [2.45, 2.75) is 25.6 Å². The summed E-state index contributed by atoms with van der Waals surface area (Å²) in [6, 6.07) is 9.95. The van der Waals surface area contributed by atoms with E-state index in [0.717, 1.165) is 6.07 Å². The number of aromatic nitrogens is 2. The minimum Gasteiger partial charge on any atom is -0.338 e. The Labute approximate surface area is 197 Å². The third-order valence-corrected chi connectivity index (χ3v) is 6.00. The molecule has 0 aliphatic carbocycles. The van der Waals surface area contributed by atoms with E-state index in [1.807, 2.05) is 4.90 Å². The van der Waals surface area contributed by atoms with Gasteiger partial charge in [0, 0.05) is 16.5 Å². The zero-order valence-electron chi connectivity index (χ0n) is 17.2. The maximum Gasteiger partial charge on any atom is 0.418 e. The fourth-order valence-corrected chi connectivity index (χ4v) is 4.21. The van der Waals surface area contributed by atoms with E-state index in [1.165, 1.54) is 18.2 Å². The average molecular weight is 499 g/mol. The molecule has 0 atom stereocenters. The molecule has 0 saturated carbocycles. The van der Waals surface area contributed by atoms with Crippen molar-refractivity contribution < 1.29 is 22.5 Å². The van der Waals surface area contributed by atoms with Crippen molar-refractivity contribution in [2.24, 2.45) is 5.92 Å². The normalized spacial score (nSPS) is 15.5. The van der Waals surface area contributed by atoms with Crippen LogP contribution in [0.2, 0.25) is 10.0 Å². The summed E-state index contributed by atoms with van der Waals surface area (Å²) in [6.07, 6.45) is -3.53. The molecule has 174 valence electrons. The molecule has 3 aromatic rings. The van der Waals surface area contributed by atoms with E-state index < -0.39 is 17.6 Å². The minimum absolute atomic E-state index is 0.225. The van der Waals surface area contributed by atoms with Crippen LogP contribution in [0.15, 0.2) is 47.0 Å². The summed E-state index contributed by atoms with van der Waals surface area (Å²) >= 11 is 12.1. The first kappa shape index (κ1) is 23.5. The molecule has 1 saturated heterocycles. The number of benzene rings is 2. The molecule has 0 spiro atoms. The Morgan fingerprint density at radius 1 is 1.15 bits per heavy atom. The number of hydrogen-bond acceptors (Lipinski definition) is 5. The van der Waals surface area contributed by atoms with Gasteiger partial charge < -0.3 is 9.84 Å². The first-order valence-corrected chi connectivity index (χ1v) is 10.9. The smallest absolute Gasteiger partial charge is 0.338 e. The number of carbonyl (C=O) groups excluding carboxylic acids is 1. The Hall–Kier alpha value is -2.62. The predicted molar refractivity (Wildman–Crippen MR) is 118 cm³/mol. The van der Waals surface area contributed by atoms with Crippen molar-refractivity contribution in [3.05, 3.63) is 64.0 Å². The van der Waals surface area contributed by atoms with Crippen molar-refractivity contribution in [3.8, 4) is 11.4 Å². The monoisotopic (exact) mass is 498 g/mol. The van der Waals surface area contributed by atoms with Gasteiger partial charge in [-0.1, -0.05) is 40.5 Å². The third-order valence-electron chi connectivity index (χ3n) is 5.45. The second-order valence-corrected chi connectivity index (χ2v) is 8.56. The topological polar surface area (TPSA) is 71.3 Å². The van der Waals surface area contributed by atoms with E-state index in [4.69, 9.17) is 27.7 Å². The summed E-state index contributed by atoms with van der Waals surface area (Å²) < 4.78 is 44.8. The molecule has 33 heavy (non-hydrogen) atoms. The Morgan fingerprint density at radius 2 is 1.88 bits per heavy atom. The maximum atomic E-state index is 13.2. The maximum absolute atomic E-state index is 13.2. The largest absolute Gasteiger partial charge is 0.418 e. The van der Waals surface area contributed by atoms with Crippen molar-refractivity contribution in [1.82, 2.24) is 15.0 Å². The summed E-state index contributed by atoms with van der Waals surface area (Å²) in [5, 5.41) is 7.32. The molecule has 1 aliphatic rings. The van der Waals surface area contributed by atoms with Crippen LogP contribution in [0.4, 0.5) is 18.9 Å². The number of halogens is 5. The van der Waals surface area contributed by atoms with Gasteiger partial charge in [0.25, 0.3) is 0 Å². The molecular formula is C22H19Cl2F3N4O2. The third kappa shape index (κ3) is 5.66. The summed E-state index contributed by atoms with van der Waals surface area (Å²) in [4.78, 5) is 19.0. The van der Waals surface area contributed by atoms with E-state index in [0.29, 0.717) is 59.8 Å². The molecule has 11 heteroatoms. The molecule has 0 unspecified atom stereocenters. The van der Waals surface area contributed by atoms with Crippen molar-refractivity contribution >= 4 is 34.8 Å². The van der Waals surface area contributed by atoms with Crippen molar-refractivity contribution in [2.75, 3.05) is 18.4 Å². The van der Waals surface area contributed by atoms with Gasteiger partial charge in [0.15, 0.2) is 0 Å². The van der Waals surface area contributed by atoms with E-state index in [-0.39, 0.29) is 11.6 Å². The molecular weight excluding hydrogens is 480 g/mol. The molecule has 2 heterocycles. The molecule has 6 nitrogen and oxygen atoms in total. The van der Waals surface area contributed by atoms with Gasteiger partial charge in [-0.3, -0.25) is 9.69 Å². The Balaban J connectivity index is 1.33. The van der Waals surface area contributed by atoms with Crippen LogP contribution in [0, 0.1) is 5.92 Å². The number of piperidine rings is 1. The molecule has 1 amide bonds. The highest BCUT2D eigenvalue weighted by Crippen LogP contribution is 2.35. The number of amides is 1. The lowest BCUT2D eigenvalue weighted by Crippen LogP contribution is -2.38. The SMILES string of the molecule is O=C(Nc1ccccc1C(F)(F)F)C1CCN(Cc2nc(-c3ccc(Cl)cc3Cl)no2)CC1. The van der Waals surface area contributed by atoms with Gasteiger partial charge >= 0.3 is 6.18 Å². The molecule has 1 N–H and O–H groups in total. The number of hydrogen-bond donors (Lipinski definition) is 1. The molecule has 0 radical (unpaired) electrons. The number of likely N-dealkylation sites (tertiary alicyclic amines) is 1. The van der Waals surface area contributed by atoms with Gasteiger partial charge in [0.1, 0.15) is 0 Å². The van der Waals surface area contributed by atoms with E-state index in [2.05, 4.69) is 15.5 Å². The van der Waals surface area contributed by atoms with Crippen LogP contribution in [-0.2, 0) is 17.5 Å². The van der Waals surface area contributed by atoms with Crippen LogP contribution >= 0.6 is 23.2 Å². The molecule has 4 rings (SSSR count). The summed E-state index contributed by atoms with van der Waals surface area (Å²) in [5.74, 6) is -0.0419. The van der Waals surface area contributed by atoms with Crippen molar-refractivity contribution in [1.29, 1.82) is 0 Å². The standard InChI is InChI=1S/C22H19Cl2F3N4O2/c23-14-5-6-15(17(24)11-14)20-29-19(33-30-20)12-31-9-7-13(8-10-31)21(32)28-18-4-2-1-3-16(18)22(25,26)27/h1-6,11,13H,7-10,12H2,(H,28,32). The Bertz CT molecular complexity index is 1140. The van der Waals surface area contributed by atoms with Crippen LogP contribution in [-0.4, -0.2) is 34.0 Å². The second kappa shape index (κ2) is 9.70. The number of carbonyl (C=O) groups is 1. The Morgan fingerprint density at radius 3 is 2.58 bits per heavy atom. The van der Waals surface area contributed by atoms with Crippen LogP contribution in [0.1, 0.15) is 24.3 Å². The quantitative estimate of drug-likeness (QED) is 0.473. The molecule has 0 bridgehead atoms. The van der Waals surface area contributed by atoms with Gasteiger partial charge in [-0.25, -0.2) is 0 Å². The van der Waals surface area contributed by atoms with Crippen LogP contribution in [0.25, 0.3) is 11.4 Å². The molecule has 1 fully saturated rings. The highest BCUT2D eigenvalue weighted by molar-refractivity contribution is 6.36. The van der Waals surface area contributed by atoms with Gasteiger partial charge in [-0.15, -0.1) is 0 Å². The highest BCUT2D eigenvalue weighted by Gasteiger charge is 2.34. The number of nitrogens with zero attached hydrogens (tertiary/aromatic N) is 3. The lowest BCUT2D eigenvalue weighted by atomic mass is 9.95. The van der Waals surface area contributed by atoms with Crippen LogP contribution in [0.3, 0.4) is 0 Å². The Kier molecular flexibility index (Phi) is 6.92. The molecule has 2 aromatic carbocycles. The summed E-state index contributed by atoms with van der Waals surface area (Å²) in [5.41, 5.74) is -0.481. The zero-order chi connectivity index (χ0) is 23.6. The fourth-order valence-electron chi connectivity index (χ4n) is 3.72. The fraction of sp³-hybridized carbons (Fsp3) is 0.318. The zero-order valence-corrected chi connectivity index (χ0v) is 18.7. The number of anilines is 1. The van der Waals surface area contributed by atoms with Gasteiger partial charge in [0.05, 0.1) is 22.8 Å². The minimum atomic E-state index is -4.54. The number of rotatable bonds is 5. The van der Waals surface area contributed by atoms with Crippen molar-refractivity contribution in [3.63, 3.8) is 0 Å². The van der Waals surface area contributed by atoms with Crippen LogP contribution in [0.5, 0.6) is 0 Å². The first-order valence-electron chi connectivity index (χ1n) is 10.2. The second-order valence-electron chi connectivity index (χ2n) is 7.72. The summed E-state index contributed by atoms with van der Waals surface area (Å²) in [6.45, 7) is 1.53. The average Bonchev–Trinajstić information content (AvgIpc) is 3.22. The predicted octanol–water partition coefficient (Wildman–Crippen LogP) is 5.91. The van der Waals surface area contributed by atoms with E-state index in [1.54, 1.807) is 18.2 Å². The summed E-state index contributed by atoms with van der Waals surface area (Å²) in [7, 11) is 0. The van der Waals surface area contributed by atoms with Gasteiger partial charge in [0.2, 0.25) is 17.6 Å². The van der Waals surface area contributed by atoms with Gasteiger partial charge in [-0.2, -0.15) is 18.2 Å². The van der Waals surface area contributed by atoms with Gasteiger partial charge in [-0.05, 0) is 56.3 Å². The first-order chi connectivity index (χ1) is 15.7. The highest BCUT2D eigenvalue weighted by atomic mass is 35.5.